The van der Waals surface area contributed by atoms with E-state index in [1.807, 2.05) is 0 Å². The molecule has 1 aromatic carbocycles. The van der Waals surface area contributed by atoms with Gasteiger partial charge in [-0.25, -0.2) is 4.79 Å². The van der Waals surface area contributed by atoms with E-state index in [9.17, 15) is 4.79 Å². The Kier molecular flexibility index (Phi) is 7.60. The molecule has 1 aromatic rings. The van der Waals surface area contributed by atoms with Gasteiger partial charge in [-0.15, -0.1) is 0 Å². The second-order valence-corrected chi connectivity index (χ2v) is 5.60. The molecule has 0 bridgehead atoms. The van der Waals surface area contributed by atoms with Gasteiger partial charge in [0, 0.05) is 26.2 Å². The molecule has 0 spiro atoms. The lowest BCUT2D eigenvalue weighted by atomic mass is 10.1. The highest BCUT2D eigenvalue weighted by Crippen LogP contribution is 2.03. The number of carbonyl (C=O) groups is 1. The summed E-state index contributed by atoms with van der Waals surface area (Å²) in [6.07, 6.45) is 1.64. The second-order valence-electron chi connectivity index (χ2n) is 5.19. The van der Waals surface area contributed by atoms with Crippen molar-refractivity contribution in [2.24, 2.45) is 5.10 Å². The molecule has 1 aliphatic heterocycles. The monoisotopic (exact) mass is 350 g/mol. The minimum atomic E-state index is -0.359. The normalized spacial score (nSPS) is 15.2. The Hall–Kier alpha value is -2.03. The molecule has 1 aliphatic rings. The third-order valence-corrected chi connectivity index (χ3v) is 3.76. The van der Waals surface area contributed by atoms with Crippen molar-refractivity contribution in [1.29, 1.82) is 0 Å². The van der Waals surface area contributed by atoms with Crippen molar-refractivity contribution in [3.8, 4) is 0 Å². The third kappa shape index (κ3) is 6.23. The topological polar surface area (TPSA) is 75.2 Å². The van der Waals surface area contributed by atoms with Crippen molar-refractivity contribution in [2.45, 2.75) is 0 Å². The van der Waals surface area contributed by atoms with Gasteiger partial charge in [0.25, 0.3) is 0 Å². The molecule has 24 heavy (non-hydrogen) atoms. The maximum absolute atomic E-state index is 11.3. The number of hydrazone groups is 1. The van der Waals surface area contributed by atoms with E-state index in [-0.39, 0.29) is 5.97 Å². The average Bonchev–Trinajstić information content (AvgIpc) is 2.62. The molecule has 0 radical (unpaired) electrons. The molecule has 0 aliphatic carbocycles. The zero-order chi connectivity index (χ0) is 17.2. The Balaban J connectivity index is 1.67. The number of carbonyl (C=O) groups excluding carboxylic acids is 1. The van der Waals surface area contributed by atoms with Crippen LogP contribution in [0.15, 0.2) is 29.4 Å². The van der Waals surface area contributed by atoms with Crippen LogP contribution in [-0.2, 0) is 9.47 Å². The molecule has 0 aromatic heterocycles. The maximum atomic E-state index is 11.3. The molecule has 0 atom stereocenters. The van der Waals surface area contributed by atoms with Crippen LogP contribution in [-0.4, -0.2) is 68.7 Å². The number of thiocarbonyl (C=S) groups is 1. The van der Waals surface area contributed by atoms with E-state index in [0.717, 1.165) is 45.0 Å². The molecule has 1 heterocycles. The molecule has 0 amide bonds. The fourth-order valence-corrected chi connectivity index (χ4v) is 2.34. The summed E-state index contributed by atoms with van der Waals surface area (Å²) in [7, 11) is 1.36. The summed E-state index contributed by atoms with van der Waals surface area (Å²) < 4.78 is 9.95. The van der Waals surface area contributed by atoms with Crippen molar-refractivity contribution in [1.82, 2.24) is 15.6 Å². The number of esters is 1. The Morgan fingerprint density at radius 3 is 2.75 bits per heavy atom. The predicted octanol–water partition coefficient (Wildman–Crippen LogP) is 0.603. The van der Waals surface area contributed by atoms with E-state index in [1.165, 1.54) is 7.11 Å². The van der Waals surface area contributed by atoms with E-state index in [0.29, 0.717) is 10.7 Å². The number of nitrogens with zero attached hydrogens (tertiary/aromatic N) is 2. The van der Waals surface area contributed by atoms with Crippen LogP contribution in [0, 0.1) is 0 Å². The van der Waals surface area contributed by atoms with Crippen LogP contribution >= 0.6 is 12.2 Å². The SMILES string of the molecule is COC(=O)c1ccc(C=NNC(=S)NCCN2CCOCC2)cc1. The predicted molar refractivity (Wildman–Crippen MR) is 96.4 cm³/mol. The van der Waals surface area contributed by atoms with Crippen molar-refractivity contribution in [2.75, 3.05) is 46.5 Å². The largest absolute Gasteiger partial charge is 0.465 e. The van der Waals surface area contributed by atoms with Crippen LogP contribution in [0.1, 0.15) is 15.9 Å². The number of nitrogens with one attached hydrogen (secondary N) is 2. The molecular weight excluding hydrogens is 328 g/mol. The average molecular weight is 350 g/mol. The summed E-state index contributed by atoms with van der Waals surface area (Å²) in [6, 6.07) is 6.94. The molecular formula is C16H22N4O3S. The molecule has 2 rings (SSSR count). The highest BCUT2D eigenvalue weighted by molar-refractivity contribution is 7.80. The first kappa shape index (κ1) is 18.3. The highest BCUT2D eigenvalue weighted by atomic mass is 32.1. The number of rotatable bonds is 6. The molecule has 1 saturated heterocycles. The lowest BCUT2D eigenvalue weighted by molar-refractivity contribution is 0.0389. The van der Waals surface area contributed by atoms with E-state index >= 15 is 0 Å². The number of hydrogen-bond acceptors (Lipinski definition) is 6. The minimum Gasteiger partial charge on any atom is -0.465 e. The van der Waals surface area contributed by atoms with Gasteiger partial charge in [0.05, 0.1) is 32.1 Å². The Morgan fingerprint density at radius 1 is 1.38 bits per heavy atom. The number of ether oxygens (including phenoxy) is 2. The first-order chi connectivity index (χ1) is 11.7. The van der Waals surface area contributed by atoms with Gasteiger partial charge in [-0.2, -0.15) is 5.10 Å². The fourth-order valence-electron chi connectivity index (χ4n) is 2.18. The van der Waals surface area contributed by atoms with E-state index in [2.05, 4.69) is 25.5 Å². The number of benzene rings is 1. The van der Waals surface area contributed by atoms with Crippen LogP contribution in [0.2, 0.25) is 0 Å². The summed E-state index contributed by atoms with van der Waals surface area (Å²) in [5, 5.41) is 7.66. The van der Waals surface area contributed by atoms with Gasteiger partial charge in [-0.3, -0.25) is 10.3 Å². The fraction of sp³-hybridized carbons (Fsp3) is 0.438. The van der Waals surface area contributed by atoms with E-state index < -0.39 is 0 Å². The van der Waals surface area contributed by atoms with Gasteiger partial charge in [-0.05, 0) is 29.9 Å². The van der Waals surface area contributed by atoms with Crippen LogP contribution in [0.4, 0.5) is 0 Å². The molecule has 0 unspecified atom stereocenters. The standard InChI is InChI=1S/C16H22N4O3S/c1-22-15(21)14-4-2-13(3-5-14)12-18-19-16(24)17-6-7-20-8-10-23-11-9-20/h2-5,12H,6-11H2,1H3,(H2,17,19,24). The van der Waals surface area contributed by atoms with Crippen LogP contribution in [0.3, 0.4) is 0 Å². The summed E-state index contributed by atoms with van der Waals surface area (Å²) in [4.78, 5) is 13.7. The molecule has 1 fully saturated rings. The van der Waals surface area contributed by atoms with Gasteiger partial charge >= 0.3 is 5.97 Å². The minimum absolute atomic E-state index is 0.359. The third-order valence-electron chi connectivity index (χ3n) is 3.53. The lowest BCUT2D eigenvalue weighted by Gasteiger charge is -2.26. The van der Waals surface area contributed by atoms with Gasteiger partial charge < -0.3 is 14.8 Å². The lowest BCUT2D eigenvalue weighted by Crippen LogP contribution is -2.42. The molecule has 130 valence electrons. The van der Waals surface area contributed by atoms with E-state index in [4.69, 9.17) is 17.0 Å². The van der Waals surface area contributed by atoms with Gasteiger partial charge in [0.2, 0.25) is 0 Å². The summed E-state index contributed by atoms with van der Waals surface area (Å²) in [5.74, 6) is -0.359. The number of morpholine rings is 1. The van der Waals surface area contributed by atoms with Crippen molar-refractivity contribution < 1.29 is 14.3 Å². The summed E-state index contributed by atoms with van der Waals surface area (Å²) >= 11 is 5.17. The Bertz CT molecular complexity index is 571. The van der Waals surface area contributed by atoms with Gasteiger partial charge in [0.15, 0.2) is 5.11 Å². The number of methoxy groups -OCH3 is 1. The summed E-state index contributed by atoms with van der Waals surface area (Å²) in [5.41, 5.74) is 4.13. The smallest absolute Gasteiger partial charge is 0.337 e. The maximum Gasteiger partial charge on any atom is 0.337 e. The molecule has 2 N–H and O–H groups in total. The highest BCUT2D eigenvalue weighted by Gasteiger charge is 2.09. The van der Waals surface area contributed by atoms with E-state index in [1.54, 1.807) is 30.5 Å². The van der Waals surface area contributed by atoms with Crippen LogP contribution < -0.4 is 10.7 Å². The zero-order valence-corrected chi connectivity index (χ0v) is 14.5. The Labute approximate surface area is 147 Å². The van der Waals surface area contributed by atoms with Crippen molar-refractivity contribution in [3.63, 3.8) is 0 Å². The summed E-state index contributed by atoms with van der Waals surface area (Å²) in [6.45, 7) is 5.19. The van der Waals surface area contributed by atoms with Gasteiger partial charge in [-0.1, -0.05) is 12.1 Å². The second kappa shape index (κ2) is 9.96. The zero-order valence-electron chi connectivity index (χ0n) is 13.7. The van der Waals surface area contributed by atoms with Gasteiger partial charge in [0.1, 0.15) is 0 Å². The molecule has 7 nitrogen and oxygen atoms in total. The first-order valence-electron chi connectivity index (χ1n) is 7.74. The molecule has 0 saturated carbocycles. The van der Waals surface area contributed by atoms with Crippen LogP contribution in [0.5, 0.6) is 0 Å². The van der Waals surface area contributed by atoms with Crippen LogP contribution in [0.25, 0.3) is 0 Å². The molecule has 8 heteroatoms. The number of hydrogen-bond donors (Lipinski definition) is 2. The van der Waals surface area contributed by atoms with Crippen molar-refractivity contribution >= 4 is 29.5 Å². The first-order valence-corrected chi connectivity index (χ1v) is 8.15. The Morgan fingerprint density at radius 2 is 2.08 bits per heavy atom. The quantitative estimate of drug-likeness (QED) is 0.337. The van der Waals surface area contributed by atoms with Crippen molar-refractivity contribution in [3.05, 3.63) is 35.4 Å².